The molecular formula is C11H10N4OS. The van der Waals surface area contributed by atoms with Crippen LogP contribution in [0.25, 0.3) is 0 Å². The molecule has 0 unspecified atom stereocenters. The number of aromatic nitrogens is 1. The highest BCUT2D eigenvalue weighted by molar-refractivity contribution is 7.07. The van der Waals surface area contributed by atoms with E-state index < -0.39 is 0 Å². The van der Waals surface area contributed by atoms with Crippen LogP contribution in [0.15, 0.2) is 28.4 Å². The summed E-state index contributed by atoms with van der Waals surface area (Å²) in [7, 11) is 0. The number of nitrogens with two attached hydrogens (primary N) is 1. The molecule has 2 rings (SSSR count). The van der Waals surface area contributed by atoms with Gasteiger partial charge in [0.15, 0.2) is 0 Å². The van der Waals surface area contributed by atoms with Crippen LogP contribution in [0.4, 0.5) is 11.4 Å². The van der Waals surface area contributed by atoms with Gasteiger partial charge in [-0.25, -0.2) is 0 Å². The zero-order chi connectivity index (χ0) is 12.3. The number of nitrogens with zero attached hydrogens (tertiary/aromatic N) is 1. The van der Waals surface area contributed by atoms with Gasteiger partial charge in [0.2, 0.25) is 0 Å². The van der Waals surface area contributed by atoms with Crippen molar-refractivity contribution >= 4 is 22.7 Å². The van der Waals surface area contributed by atoms with Crippen molar-refractivity contribution in [1.82, 2.24) is 4.98 Å². The van der Waals surface area contributed by atoms with Crippen LogP contribution in [-0.2, 0) is 6.54 Å². The fourth-order valence-electron chi connectivity index (χ4n) is 1.37. The van der Waals surface area contributed by atoms with Gasteiger partial charge in [-0.3, -0.25) is 4.79 Å². The summed E-state index contributed by atoms with van der Waals surface area (Å²) >= 11 is 1.12. The van der Waals surface area contributed by atoms with Crippen LogP contribution in [-0.4, -0.2) is 4.98 Å². The molecule has 6 heteroatoms. The zero-order valence-electron chi connectivity index (χ0n) is 8.86. The Balaban J connectivity index is 2.13. The van der Waals surface area contributed by atoms with Gasteiger partial charge in [0.25, 0.3) is 0 Å². The SMILES string of the molecule is N#Cc1ccc(N)c(NCc2csc(=O)[nH]2)c1. The largest absolute Gasteiger partial charge is 0.397 e. The molecule has 0 amide bonds. The Hall–Kier alpha value is -2.26. The molecule has 1 heterocycles. The zero-order valence-corrected chi connectivity index (χ0v) is 9.67. The van der Waals surface area contributed by atoms with Crippen molar-refractivity contribution in [2.75, 3.05) is 11.1 Å². The van der Waals surface area contributed by atoms with Gasteiger partial charge in [0.1, 0.15) is 0 Å². The highest BCUT2D eigenvalue weighted by Crippen LogP contribution is 2.20. The number of nitrogen functional groups attached to an aromatic ring is 1. The molecule has 2 aromatic rings. The quantitative estimate of drug-likeness (QED) is 0.715. The Labute approximate surface area is 102 Å². The minimum Gasteiger partial charge on any atom is -0.397 e. The third kappa shape index (κ3) is 2.65. The van der Waals surface area contributed by atoms with Gasteiger partial charge in [0, 0.05) is 11.1 Å². The van der Waals surface area contributed by atoms with E-state index in [4.69, 9.17) is 11.0 Å². The summed E-state index contributed by atoms with van der Waals surface area (Å²) in [4.78, 5) is 13.5. The van der Waals surface area contributed by atoms with Gasteiger partial charge in [-0.1, -0.05) is 11.3 Å². The number of anilines is 2. The fourth-order valence-corrected chi connectivity index (χ4v) is 1.95. The molecule has 86 valence electrons. The summed E-state index contributed by atoms with van der Waals surface area (Å²) in [6, 6.07) is 7.06. The van der Waals surface area contributed by atoms with Crippen LogP contribution < -0.4 is 15.9 Å². The van der Waals surface area contributed by atoms with Crippen molar-refractivity contribution in [2.45, 2.75) is 6.54 Å². The number of nitrogens with one attached hydrogen (secondary N) is 2. The second-order valence-electron chi connectivity index (χ2n) is 3.44. The Morgan fingerprint density at radius 3 is 3.00 bits per heavy atom. The molecule has 0 radical (unpaired) electrons. The molecule has 1 aromatic heterocycles. The fraction of sp³-hybridized carbons (Fsp3) is 0.0909. The lowest BCUT2D eigenvalue weighted by Gasteiger charge is -2.08. The summed E-state index contributed by atoms with van der Waals surface area (Å²) < 4.78 is 0. The van der Waals surface area contributed by atoms with Gasteiger partial charge in [-0.05, 0) is 18.2 Å². The Bertz CT molecular complexity index is 623. The predicted molar refractivity (Wildman–Crippen MR) is 67.8 cm³/mol. The summed E-state index contributed by atoms with van der Waals surface area (Å²) in [5.74, 6) is 0. The molecule has 0 fully saturated rings. The van der Waals surface area contributed by atoms with Gasteiger partial charge < -0.3 is 16.0 Å². The predicted octanol–water partition coefficient (Wildman–Crippen LogP) is 1.50. The van der Waals surface area contributed by atoms with E-state index in [2.05, 4.69) is 10.3 Å². The van der Waals surface area contributed by atoms with Crippen molar-refractivity contribution in [1.29, 1.82) is 5.26 Å². The van der Waals surface area contributed by atoms with E-state index in [1.54, 1.807) is 23.6 Å². The number of aromatic amines is 1. The first-order chi connectivity index (χ1) is 8.19. The Morgan fingerprint density at radius 1 is 1.53 bits per heavy atom. The maximum atomic E-state index is 10.9. The number of hydrogen-bond acceptors (Lipinski definition) is 5. The molecule has 1 aromatic carbocycles. The molecular weight excluding hydrogens is 236 g/mol. The Kier molecular flexibility index (Phi) is 3.12. The first kappa shape index (κ1) is 11.2. The van der Waals surface area contributed by atoms with Gasteiger partial charge in [-0.2, -0.15) is 5.26 Å². The smallest absolute Gasteiger partial charge is 0.304 e. The number of rotatable bonds is 3. The Morgan fingerprint density at radius 2 is 2.35 bits per heavy atom. The number of H-pyrrole nitrogens is 1. The van der Waals surface area contributed by atoms with E-state index in [-0.39, 0.29) is 4.87 Å². The molecule has 0 atom stereocenters. The standard InChI is InChI=1S/C11H10N4OS/c12-4-7-1-2-9(13)10(3-7)14-5-8-6-17-11(16)15-8/h1-3,6,14H,5,13H2,(H,15,16). The molecule has 17 heavy (non-hydrogen) atoms. The summed E-state index contributed by atoms with van der Waals surface area (Å²) in [6.07, 6.45) is 0. The van der Waals surface area contributed by atoms with E-state index >= 15 is 0 Å². The van der Waals surface area contributed by atoms with Crippen molar-refractivity contribution < 1.29 is 0 Å². The van der Waals surface area contributed by atoms with E-state index in [0.29, 0.717) is 23.5 Å². The molecule has 0 aliphatic carbocycles. The molecule has 5 nitrogen and oxygen atoms in total. The first-order valence-electron chi connectivity index (χ1n) is 4.89. The van der Waals surface area contributed by atoms with Crippen molar-refractivity contribution in [3.63, 3.8) is 0 Å². The highest BCUT2D eigenvalue weighted by Gasteiger charge is 2.02. The monoisotopic (exact) mass is 246 g/mol. The first-order valence-corrected chi connectivity index (χ1v) is 5.77. The normalized spacial score (nSPS) is 9.82. The second-order valence-corrected chi connectivity index (χ2v) is 4.28. The minimum absolute atomic E-state index is 0.0828. The number of nitriles is 1. The van der Waals surface area contributed by atoms with Crippen LogP contribution in [0, 0.1) is 11.3 Å². The lowest BCUT2D eigenvalue weighted by Crippen LogP contribution is -2.05. The van der Waals surface area contributed by atoms with E-state index in [0.717, 1.165) is 17.0 Å². The third-order valence-corrected chi connectivity index (χ3v) is 2.94. The molecule has 0 saturated carbocycles. The minimum atomic E-state index is -0.0828. The van der Waals surface area contributed by atoms with Crippen LogP contribution >= 0.6 is 11.3 Å². The van der Waals surface area contributed by atoms with E-state index in [9.17, 15) is 4.79 Å². The lowest BCUT2D eigenvalue weighted by atomic mass is 10.2. The lowest BCUT2D eigenvalue weighted by molar-refractivity contribution is 1.06. The average Bonchev–Trinajstić information content (AvgIpc) is 2.74. The molecule has 0 aliphatic rings. The van der Waals surface area contributed by atoms with Crippen LogP contribution in [0.2, 0.25) is 0 Å². The topological polar surface area (TPSA) is 94.7 Å². The summed E-state index contributed by atoms with van der Waals surface area (Å²) in [5, 5.41) is 13.6. The maximum absolute atomic E-state index is 10.9. The van der Waals surface area contributed by atoms with Gasteiger partial charge in [0.05, 0.1) is 29.6 Å². The molecule has 4 N–H and O–H groups in total. The highest BCUT2D eigenvalue weighted by atomic mass is 32.1. The third-order valence-electron chi connectivity index (χ3n) is 2.22. The molecule has 0 bridgehead atoms. The number of thiazole rings is 1. The van der Waals surface area contributed by atoms with Gasteiger partial charge >= 0.3 is 4.87 Å². The number of benzene rings is 1. The van der Waals surface area contributed by atoms with Crippen molar-refractivity contribution in [2.24, 2.45) is 0 Å². The van der Waals surface area contributed by atoms with E-state index in [1.807, 2.05) is 6.07 Å². The van der Waals surface area contributed by atoms with Crippen LogP contribution in [0.3, 0.4) is 0 Å². The van der Waals surface area contributed by atoms with Crippen LogP contribution in [0.1, 0.15) is 11.3 Å². The van der Waals surface area contributed by atoms with Crippen LogP contribution in [0.5, 0.6) is 0 Å². The molecule has 0 spiro atoms. The number of hydrogen-bond donors (Lipinski definition) is 3. The maximum Gasteiger partial charge on any atom is 0.304 e. The molecule has 0 aliphatic heterocycles. The average molecular weight is 246 g/mol. The summed E-state index contributed by atoms with van der Waals surface area (Å²) in [5.41, 5.74) is 8.37. The van der Waals surface area contributed by atoms with Gasteiger partial charge in [-0.15, -0.1) is 0 Å². The second kappa shape index (κ2) is 4.72. The van der Waals surface area contributed by atoms with Crippen molar-refractivity contribution in [3.05, 3.63) is 44.5 Å². The van der Waals surface area contributed by atoms with E-state index in [1.165, 1.54) is 0 Å². The summed E-state index contributed by atoms with van der Waals surface area (Å²) in [6.45, 7) is 0.470. The van der Waals surface area contributed by atoms with Crippen molar-refractivity contribution in [3.8, 4) is 6.07 Å². The molecule has 0 saturated heterocycles.